The van der Waals surface area contributed by atoms with Crippen LogP contribution in [0.1, 0.15) is 30.8 Å². The quantitative estimate of drug-likeness (QED) is 0.857. The number of aromatic nitrogens is 3. The summed E-state index contributed by atoms with van der Waals surface area (Å²) in [6.07, 6.45) is 2.64. The maximum Gasteiger partial charge on any atom is 0.275 e. The smallest absolute Gasteiger partial charge is 0.275 e. The largest absolute Gasteiger partial charge is 0.340 e. The number of hydrogen-bond acceptors (Lipinski definition) is 4. The minimum Gasteiger partial charge on any atom is -0.340 e. The zero-order valence-corrected chi connectivity index (χ0v) is 12.0. The van der Waals surface area contributed by atoms with E-state index in [2.05, 4.69) is 34.2 Å². The standard InChI is InChI=1S/C13H23N5O/c1-10(2)7-18-5-4-11(9-18)8-17(3)13(19)12-6-14-16-15-12/h6,10-11H,4-5,7-9H2,1-3H3,(H,14,15,16)/t11-/m1/s1. The number of carbonyl (C=O) groups excluding carboxylic acids is 1. The molecule has 2 heterocycles. The summed E-state index contributed by atoms with van der Waals surface area (Å²) in [5.74, 6) is 1.21. The number of aromatic amines is 1. The average molecular weight is 265 g/mol. The van der Waals surface area contributed by atoms with Crippen molar-refractivity contribution in [1.29, 1.82) is 0 Å². The van der Waals surface area contributed by atoms with Crippen molar-refractivity contribution in [2.24, 2.45) is 11.8 Å². The lowest BCUT2D eigenvalue weighted by atomic mass is 10.1. The molecule has 1 aliphatic heterocycles. The predicted octanol–water partition coefficient (Wildman–Crippen LogP) is 0.855. The van der Waals surface area contributed by atoms with Gasteiger partial charge in [-0.3, -0.25) is 4.79 Å². The first-order valence-corrected chi connectivity index (χ1v) is 6.90. The van der Waals surface area contributed by atoms with Gasteiger partial charge in [-0.2, -0.15) is 15.4 Å². The van der Waals surface area contributed by atoms with Gasteiger partial charge < -0.3 is 9.80 Å². The highest BCUT2D eigenvalue weighted by atomic mass is 16.2. The van der Waals surface area contributed by atoms with Gasteiger partial charge in [-0.25, -0.2) is 0 Å². The van der Waals surface area contributed by atoms with Crippen molar-refractivity contribution in [2.45, 2.75) is 20.3 Å². The van der Waals surface area contributed by atoms with Crippen LogP contribution < -0.4 is 0 Å². The Kier molecular flexibility index (Phi) is 4.52. The lowest BCUT2D eigenvalue weighted by Gasteiger charge is -2.21. The first-order chi connectivity index (χ1) is 9.06. The minimum atomic E-state index is -0.0592. The molecule has 6 heteroatoms. The topological polar surface area (TPSA) is 65.1 Å². The van der Waals surface area contributed by atoms with E-state index in [0.29, 0.717) is 17.5 Å². The highest BCUT2D eigenvalue weighted by Crippen LogP contribution is 2.18. The van der Waals surface area contributed by atoms with Crippen molar-refractivity contribution in [2.75, 3.05) is 33.2 Å². The second kappa shape index (κ2) is 6.14. The maximum atomic E-state index is 12.0. The fourth-order valence-electron chi connectivity index (χ4n) is 2.71. The number of amides is 1. The third-order valence-electron chi connectivity index (χ3n) is 3.51. The van der Waals surface area contributed by atoms with Gasteiger partial charge in [0.25, 0.3) is 5.91 Å². The Morgan fingerprint density at radius 1 is 1.63 bits per heavy atom. The molecule has 2 rings (SSSR count). The van der Waals surface area contributed by atoms with Gasteiger partial charge in [0.1, 0.15) is 0 Å². The molecule has 1 fully saturated rings. The summed E-state index contributed by atoms with van der Waals surface area (Å²) in [6.45, 7) is 8.67. The van der Waals surface area contributed by atoms with E-state index in [1.54, 1.807) is 4.90 Å². The van der Waals surface area contributed by atoms with Gasteiger partial charge in [-0.1, -0.05) is 13.8 Å². The van der Waals surface area contributed by atoms with Crippen molar-refractivity contribution >= 4 is 5.91 Å². The molecule has 0 saturated carbocycles. The molecular formula is C13H23N5O. The highest BCUT2D eigenvalue weighted by Gasteiger charge is 2.26. The van der Waals surface area contributed by atoms with Crippen LogP contribution in [-0.4, -0.2) is 64.3 Å². The molecular weight excluding hydrogens is 242 g/mol. The van der Waals surface area contributed by atoms with Gasteiger partial charge >= 0.3 is 0 Å². The SMILES string of the molecule is CC(C)CN1CC[C@H](CN(C)C(=O)c2cn[nH]n2)C1. The number of nitrogens with one attached hydrogen (secondary N) is 1. The van der Waals surface area contributed by atoms with Crippen molar-refractivity contribution in [3.63, 3.8) is 0 Å². The number of hydrogen-bond donors (Lipinski definition) is 1. The van der Waals surface area contributed by atoms with E-state index in [4.69, 9.17) is 0 Å². The molecule has 6 nitrogen and oxygen atoms in total. The Bertz CT molecular complexity index is 403. The van der Waals surface area contributed by atoms with Crippen molar-refractivity contribution < 1.29 is 4.79 Å². The Morgan fingerprint density at radius 2 is 2.42 bits per heavy atom. The van der Waals surface area contributed by atoms with Crippen LogP contribution in [0.2, 0.25) is 0 Å². The van der Waals surface area contributed by atoms with E-state index in [-0.39, 0.29) is 5.91 Å². The molecule has 0 aromatic carbocycles. The molecule has 0 spiro atoms. The normalized spacial score (nSPS) is 20.1. The fourth-order valence-corrected chi connectivity index (χ4v) is 2.71. The second-order valence-corrected chi connectivity index (χ2v) is 5.85. The summed E-state index contributed by atoms with van der Waals surface area (Å²) in [5, 5.41) is 9.97. The van der Waals surface area contributed by atoms with Crippen molar-refractivity contribution in [3.8, 4) is 0 Å². The Morgan fingerprint density at radius 3 is 3.05 bits per heavy atom. The Labute approximate surface area is 114 Å². The van der Waals surface area contributed by atoms with Crippen LogP contribution in [0.15, 0.2) is 6.20 Å². The summed E-state index contributed by atoms with van der Waals surface area (Å²) >= 11 is 0. The summed E-state index contributed by atoms with van der Waals surface area (Å²) in [5.41, 5.74) is 0.388. The van der Waals surface area contributed by atoms with Crippen molar-refractivity contribution in [3.05, 3.63) is 11.9 Å². The van der Waals surface area contributed by atoms with Crippen LogP contribution in [-0.2, 0) is 0 Å². The van der Waals surface area contributed by atoms with Crippen LogP contribution in [0.4, 0.5) is 0 Å². The molecule has 19 heavy (non-hydrogen) atoms. The van der Waals surface area contributed by atoms with Crippen LogP contribution in [0.5, 0.6) is 0 Å². The summed E-state index contributed by atoms with van der Waals surface area (Å²) in [6, 6.07) is 0. The minimum absolute atomic E-state index is 0.0592. The molecule has 1 aromatic rings. The highest BCUT2D eigenvalue weighted by molar-refractivity contribution is 5.91. The first-order valence-electron chi connectivity index (χ1n) is 6.90. The number of nitrogens with zero attached hydrogens (tertiary/aromatic N) is 4. The summed E-state index contributed by atoms with van der Waals surface area (Å²) < 4.78 is 0. The molecule has 106 valence electrons. The van der Waals surface area contributed by atoms with Crippen molar-refractivity contribution in [1.82, 2.24) is 25.2 Å². The monoisotopic (exact) mass is 265 g/mol. The van der Waals surface area contributed by atoms with Gasteiger partial charge in [0, 0.05) is 26.7 Å². The second-order valence-electron chi connectivity index (χ2n) is 5.85. The van der Waals surface area contributed by atoms with E-state index >= 15 is 0 Å². The van der Waals surface area contributed by atoms with Gasteiger partial charge in [0.15, 0.2) is 5.69 Å². The van der Waals surface area contributed by atoms with Gasteiger partial charge in [-0.15, -0.1) is 0 Å². The number of likely N-dealkylation sites (tertiary alicyclic amines) is 1. The van der Waals surface area contributed by atoms with Crippen LogP contribution in [0.3, 0.4) is 0 Å². The molecule has 0 aliphatic carbocycles. The van der Waals surface area contributed by atoms with Gasteiger partial charge in [-0.05, 0) is 24.8 Å². The van der Waals surface area contributed by atoms with E-state index in [0.717, 1.165) is 26.2 Å². The lowest BCUT2D eigenvalue weighted by molar-refractivity contribution is 0.0767. The van der Waals surface area contributed by atoms with E-state index < -0.39 is 0 Å². The zero-order valence-electron chi connectivity index (χ0n) is 12.0. The van der Waals surface area contributed by atoms with Crippen LogP contribution >= 0.6 is 0 Å². The fraction of sp³-hybridized carbons (Fsp3) is 0.769. The molecule has 1 atom stereocenters. The predicted molar refractivity (Wildman–Crippen MR) is 72.7 cm³/mol. The third-order valence-corrected chi connectivity index (χ3v) is 3.51. The molecule has 1 amide bonds. The average Bonchev–Trinajstić information content (AvgIpc) is 2.98. The molecule has 1 aromatic heterocycles. The Balaban J connectivity index is 1.80. The van der Waals surface area contributed by atoms with E-state index in [1.807, 2.05) is 7.05 Å². The molecule has 1 saturated heterocycles. The number of H-pyrrole nitrogens is 1. The third kappa shape index (κ3) is 3.76. The van der Waals surface area contributed by atoms with Crippen LogP contribution in [0, 0.1) is 11.8 Å². The maximum absolute atomic E-state index is 12.0. The van der Waals surface area contributed by atoms with Gasteiger partial charge in [0.05, 0.1) is 6.20 Å². The summed E-state index contributed by atoms with van der Waals surface area (Å²) in [7, 11) is 1.84. The number of rotatable bonds is 5. The number of carbonyl (C=O) groups is 1. The molecule has 0 radical (unpaired) electrons. The Hall–Kier alpha value is -1.43. The van der Waals surface area contributed by atoms with Crippen LogP contribution in [0.25, 0.3) is 0 Å². The molecule has 1 aliphatic rings. The first kappa shape index (κ1) is 14.0. The molecule has 0 unspecified atom stereocenters. The molecule has 1 N–H and O–H groups in total. The van der Waals surface area contributed by atoms with E-state index in [1.165, 1.54) is 12.6 Å². The zero-order chi connectivity index (χ0) is 13.8. The molecule has 0 bridgehead atoms. The summed E-state index contributed by atoms with van der Waals surface area (Å²) in [4.78, 5) is 16.3. The van der Waals surface area contributed by atoms with Gasteiger partial charge in [0.2, 0.25) is 0 Å². The lowest BCUT2D eigenvalue weighted by Crippen LogP contribution is -2.33. The van der Waals surface area contributed by atoms with E-state index in [9.17, 15) is 4.79 Å².